The van der Waals surface area contributed by atoms with E-state index in [1.807, 2.05) is 0 Å². The molecule has 0 radical (unpaired) electrons. The molecule has 0 atom stereocenters. The maximum atomic E-state index is 3.54. The highest BCUT2D eigenvalue weighted by molar-refractivity contribution is 7.65. The minimum absolute atomic E-state index is 0.0968. The van der Waals surface area contributed by atoms with E-state index >= 15 is 0 Å². The summed E-state index contributed by atoms with van der Waals surface area (Å²) < 4.78 is 0. The topological polar surface area (TPSA) is 24.1 Å². The van der Waals surface area contributed by atoms with Gasteiger partial charge in [0.1, 0.15) is 0 Å². The molecule has 2 nitrogen and oxygen atoms in total. The summed E-state index contributed by atoms with van der Waals surface area (Å²) in [6.45, 7) is 2.08. The molecule has 0 aliphatic rings. The minimum atomic E-state index is -0.0968. The second kappa shape index (κ2) is 11.4. The van der Waals surface area contributed by atoms with Gasteiger partial charge < -0.3 is 10.6 Å². The lowest BCUT2D eigenvalue weighted by atomic mass is 10.3. The molecule has 0 saturated carbocycles. The number of nitrogens with one attached hydrogen (secondary N) is 2. The average Bonchev–Trinajstić information content (AvgIpc) is 2.75. The normalized spacial score (nSPS) is 10.7. The Balaban J connectivity index is 1.44. The van der Waals surface area contributed by atoms with Gasteiger partial charge in [-0.25, -0.2) is 0 Å². The van der Waals surface area contributed by atoms with Gasteiger partial charge in [0, 0.05) is 24.5 Å². The van der Waals surface area contributed by atoms with Crippen molar-refractivity contribution in [3.63, 3.8) is 0 Å². The zero-order valence-corrected chi connectivity index (χ0v) is 16.7. The Kier molecular flexibility index (Phi) is 8.22. The van der Waals surface area contributed by atoms with E-state index in [-0.39, 0.29) is 7.92 Å². The first kappa shape index (κ1) is 19.5. The zero-order valence-electron chi connectivity index (χ0n) is 15.9. The van der Waals surface area contributed by atoms with Crippen LogP contribution < -0.4 is 15.9 Å². The number of para-hydroxylation sites is 2. The van der Waals surface area contributed by atoms with Crippen molar-refractivity contribution in [2.75, 3.05) is 36.0 Å². The average molecular weight is 376 g/mol. The molecule has 0 aliphatic carbocycles. The summed E-state index contributed by atoms with van der Waals surface area (Å²) in [4.78, 5) is 0. The predicted octanol–water partition coefficient (Wildman–Crippen LogP) is 5.80. The number of hydrogen-bond acceptors (Lipinski definition) is 2. The zero-order chi connectivity index (χ0) is 18.6. The predicted molar refractivity (Wildman–Crippen MR) is 122 cm³/mol. The first-order valence-electron chi connectivity index (χ1n) is 9.80. The molecule has 27 heavy (non-hydrogen) atoms. The van der Waals surface area contributed by atoms with Crippen LogP contribution >= 0.6 is 7.92 Å². The molecule has 0 aromatic heterocycles. The van der Waals surface area contributed by atoms with E-state index in [1.54, 1.807) is 0 Å². The van der Waals surface area contributed by atoms with E-state index in [2.05, 4.69) is 102 Å². The van der Waals surface area contributed by atoms with Crippen molar-refractivity contribution in [3.8, 4) is 0 Å². The first-order chi connectivity index (χ1) is 13.4. The van der Waals surface area contributed by atoms with E-state index in [9.17, 15) is 0 Å². The SMILES string of the molecule is c1ccc(NCCCP(CCCNc2ccccc2)c2ccccc2)cc1. The van der Waals surface area contributed by atoms with E-state index in [4.69, 9.17) is 0 Å². The van der Waals surface area contributed by atoms with E-state index < -0.39 is 0 Å². The van der Waals surface area contributed by atoms with Gasteiger partial charge in [-0.05, 0) is 54.7 Å². The highest BCUT2D eigenvalue weighted by Gasteiger charge is 2.10. The number of anilines is 2. The van der Waals surface area contributed by atoms with Gasteiger partial charge in [-0.2, -0.15) is 0 Å². The van der Waals surface area contributed by atoms with E-state index in [0.717, 1.165) is 13.1 Å². The van der Waals surface area contributed by atoms with Crippen LogP contribution in [0.4, 0.5) is 11.4 Å². The molecule has 0 spiro atoms. The molecule has 0 amide bonds. The Morgan fingerprint density at radius 3 is 1.37 bits per heavy atom. The summed E-state index contributed by atoms with van der Waals surface area (Å²) in [5.41, 5.74) is 2.43. The van der Waals surface area contributed by atoms with Crippen LogP contribution in [0.15, 0.2) is 91.0 Å². The largest absolute Gasteiger partial charge is 0.385 e. The van der Waals surface area contributed by atoms with Crippen LogP contribution in [0.3, 0.4) is 0 Å². The summed E-state index contributed by atoms with van der Waals surface area (Å²) >= 11 is 0. The fourth-order valence-electron chi connectivity index (χ4n) is 3.13. The van der Waals surface area contributed by atoms with Crippen molar-refractivity contribution in [3.05, 3.63) is 91.0 Å². The summed E-state index contributed by atoms with van der Waals surface area (Å²) in [6, 6.07) is 32.1. The smallest absolute Gasteiger partial charge is 0.0340 e. The molecule has 0 heterocycles. The van der Waals surface area contributed by atoms with Crippen molar-refractivity contribution < 1.29 is 0 Å². The van der Waals surface area contributed by atoms with Gasteiger partial charge in [0.2, 0.25) is 0 Å². The van der Waals surface area contributed by atoms with Crippen molar-refractivity contribution in [2.24, 2.45) is 0 Å². The van der Waals surface area contributed by atoms with Gasteiger partial charge in [0.25, 0.3) is 0 Å². The lowest BCUT2D eigenvalue weighted by Gasteiger charge is -2.19. The van der Waals surface area contributed by atoms with Gasteiger partial charge >= 0.3 is 0 Å². The molecule has 3 rings (SSSR count). The third kappa shape index (κ3) is 7.07. The molecular weight excluding hydrogens is 347 g/mol. The fraction of sp³-hybridized carbons (Fsp3) is 0.250. The highest BCUT2D eigenvalue weighted by Crippen LogP contribution is 2.35. The summed E-state index contributed by atoms with van der Waals surface area (Å²) in [5.74, 6) is 0. The second-order valence-electron chi connectivity index (χ2n) is 6.62. The lowest BCUT2D eigenvalue weighted by molar-refractivity contribution is 0.960. The quantitative estimate of drug-likeness (QED) is 0.326. The van der Waals surface area contributed by atoms with Crippen molar-refractivity contribution in [1.29, 1.82) is 0 Å². The maximum Gasteiger partial charge on any atom is 0.0340 e. The van der Waals surface area contributed by atoms with Crippen molar-refractivity contribution in [2.45, 2.75) is 12.8 Å². The third-order valence-electron chi connectivity index (χ3n) is 4.54. The summed E-state index contributed by atoms with van der Waals surface area (Å²) in [7, 11) is -0.0968. The van der Waals surface area contributed by atoms with Crippen LogP contribution in [0.5, 0.6) is 0 Å². The minimum Gasteiger partial charge on any atom is -0.385 e. The molecule has 140 valence electrons. The van der Waals surface area contributed by atoms with Gasteiger partial charge in [-0.1, -0.05) is 74.7 Å². The van der Waals surface area contributed by atoms with Gasteiger partial charge in [0.15, 0.2) is 0 Å². The molecular formula is C24H29N2P. The monoisotopic (exact) mass is 376 g/mol. The van der Waals surface area contributed by atoms with Crippen LogP contribution in [0.2, 0.25) is 0 Å². The van der Waals surface area contributed by atoms with Crippen LogP contribution in [0.1, 0.15) is 12.8 Å². The van der Waals surface area contributed by atoms with Gasteiger partial charge in [0.05, 0.1) is 0 Å². The summed E-state index contributed by atoms with van der Waals surface area (Å²) in [6.07, 6.45) is 4.98. The lowest BCUT2D eigenvalue weighted by Crippen LogP contribution is -2.12. The molecule has 0 aliphatic heterocycles. The Morgan fingerprint density at radius 1 is 0.519 bits per heavy atom. The van der Waals surface area contributed by atoms with Crippen LogP contribution in [-0.4, -0.2) is 25.4 Å². The molecule has 2 N–H and O–H groups in total. The van der Waals surface area contributed by atoms with E-state index in [0.29, 0.717) is 0 Å². The van der Waals surface area contributed by atoms with Crippen molar-refractivity contribution in [1.82, 2.24) is 0 Å². The molecule has 0 unspecified atom stereocenters. The number of rotatable bonds is 11. The Morgan fingerprint density at radius 2 is 0.926 bits per heavy atom. The second-order valence-corrected chi connectivity index (χ2v) is 9.11. The summed E-state index contributed by atoms with van der Waals surface area (Å²) in [5, 5.41) is 8.61. The maximum absolute atomic E-state index is 3.54. The first-order valence-corrected chi connectivity index (χ1v) is 11.5. The molecule has 0 fully saturated rings. The fourth-order valence-corrected chi connectivity index (χ4v) is 5.54. The molecule has 3 heteroatoms. The standard InChI is InChI=1S/C24H29N2P/c1-4-12-22(13-5-1)25-18-10-20-27(24-16-8-3-9-17-24)21-11-19-26-23-14-6-2-7-15-23/h1-9,12-17,25-26H,10-11,18-21H2. The number of hydrogen-bond donors (Lipinski definition) is 2. The number of benzene rings is 3. The molecule has 0 bridgehead atoms. The molecule has 3 aromatic carbocycles. The van der Waals surface area contributed by atoms with E-state index in [1.165, 1.54) is 41.8 Å². The Bertz CT molecular complexity index is 700. The third-order valence-corrected chi connectivity index (χ3v) is 7.28. The highest BCUT2D eigenvalue weighted by atomic mass is 31.1. The van der Waals surface area contributed by atoms with Crippen molar-refractivity contribution >= 4 is 24.6 Å². The molecule has 0 saturated heterocycles. The Labute approximate surface area is 164 Å². The van der Waals surface area contributed by atoms with Crippen LogP contribution in [-0.2, 0) is 0 Å². The Hall–Kier alpha value is -2.31. The van der Waals surface area contributed by atoms with Crippen LogP contribution in [0, 0.1) is 0 Å². The molecule has 3 aromatic rings. The van der Waals surface area contributed by atoms with Gasteiger partial charge in [-0.15, -0.1) is 0 Å². The van der Waals surface area contributed by atoms with Crippen LogP contribution in [0.25, 0.3) is 0 Å². The van der Waals surface area contributed by atoms with Gasteiger partial charge in [-0.3, -0.25) is 0 Å².